The summed E-state index contributed by atoms with van der Waals surface area (Å²) in [5.74, 6) is -1.30. The number of carboxylic acid groups (broad SMARTS) is 1. The van der Waals surface area contributed by atoms with Crippen molar-refractivity contribution in [3.05, 3.63) is 76.3 Å². The van der Waals surface area contributed by atoms with Gasteiger partial charge in [0.15, 0.2) is 0 Å². The van der Waals surface area contributed by atoms with Crippen LogP contribution < -0.4 is 0 Å². The summed E-state index contributed by atoms with van der Waals surface area (Å²) in [5.41, 5.74) is 9.93. The van der Waals surface area contributed by atoms with Crippen molar-refractivity contribution >= 4 is 16.9 Å². The number of nitrogens with one attached hydrogen (secondary N) is 1. The lowest BCUT2D eigenvalue weighted by atomic mass is 9.87. The Kier molecular flexibility index (Phi) is 3.78. The second kappa shape index (κ2) is 6.24. The highest BCUT2D eigenvalue weighted by Crippen LogP contribution is 2.41. The first kappa shape index (κ1) is 17.6. The minimum absolute atomic E-state index is 0.0413. The smallest absolute Gasteiger partial charge is 0.339 e. The highest BCUT2D eigenvalue weighted by molar-refractivity contribution is 5.97. The fourth-order valence-electron chi connectivity index (χ4n) is 4.56. The molecular weight excluding hydrogens is 362 g/mol. The molecule has 0 fully saturated rings. The predicted octanol–water partition coefficient (Wildman–Crippen LogP) is 5.62. The first-order chi connectivity index (χ1) is 13.9. The monoisotopic (exact) mass is 383 g/mol. The van der Waals surface area contributed by atoms with E-state index in [1.807, 2.05) is 0 Å². The third-order valence-corrected chi connectivity index (χ3v) is 5.83. The molecule has 1 aromatic heterocycles. The van der Waals surface area contributed by atoms with Crippen molar-refractivity contribution in [2.24, 2.45) is 0 Å². The zero-order valence-electron chi connectivity index (χ0n) is 16.3. The number of aryl methyl sites for hydroxylation is 4. The van der Waals surface area contributed by atoms with Gasteiger partial charge in [0.25, 0.3) is 0 Å². The molecule has 4 heteroatoms. The average Bonchev–Trinajstić information content (AvgIpc) is 3.05. The van der Waals surface area contributed by atoms with Gasteiger partial charge in [-0.05, 0) is 73.2 Å². The predicted molar refractivity (Wildman–Crippen MR) is 115 cm³/mol. The maximum atomic E-state index is 11.3. The zero-order chi connectivity index (χ0) is 20.3. The van der Waals surface area contributed by atoms with Crippen LogP contribution in [0.15, 0.2) is 48.5 Å². The molecule has 0 spiro atoms. The van der Waals surface area contributed by atoms with Crippen LogP contribution in [-0.4, -0.2) is 21.2 Å². The minimum Gasteiger partial charge on any atom is -0.507 e. The fraction of sp³-hybridized carbons (Fsp3) is 0.160. The number of rotatable bonds is 2. The molecule has 4 aromatic rings. The Bertz CT molecular complexity index is 1290. The van der Waals surface area contributed by atoms with Crippen molar-refractivity contribution in [1.82, 2.24) is 4.98 Å². The average molecular weight is 383 g/mol. The van der Waals surface area contributed by atoms with Gasteiger partial charge in [0, 0.05) is 16.5 Å². The molecule has 1 aliphatic carbocycles. The van der Waals surface area contributed by atoms with E-state index in [-0.39, 0.29) is 11.3 Å². The van der Waals surface area contributed by atoms with Gasteiger partial charge in [0.1, 0.15) is 11.3 Å². The van der Waals surface area contributed by atoms with Crippen LogP contribution in [-0.2, 0) is 12.8 Å². The van der Waals surface area contributed by atoms with Crippen molar-refractivity contribution < 1.29 is 15.0 Å². The molecule has 0 amide bonds. The molecular formula is C25H21NO3. The van der Waals surface area contributed by atoms with Crippen LogP contribution in [0.2, 0.25) is 0 Å². The van der Waals surface area contributed by atoms with Gasteiger partial charge < -0.3 is 15.2 Å². The standard InChI is InChI=1S/C25H21NO3/c1-13-7-14(2)9-17(8-13)15-4-6-22-20(10-15)18-5-3-16-11-21(25(28)29)23(27)12-19(16)24(18)26-22/h4,6-12,26-27H,3,5H2,1-2H3,(H,28,29). The van der Waals surface area contributed by atoms with Crippen LogP contribution >= 0.6 is 0 Å². The van der Waals surface area contributed by atoms with Gasteiger partial charge in [0.2, 0.25) is 0 Å². The molecule has 0 saturated carbocycles. The number of H-pyrrole nitrogens is 1. The van der Waals surface area contributed by atoms with E-state index in [1.165, 1.54) is 33.2 Å². The Hall–Kier alpha value is -3.53. The quantitative estimate of drug-likeness (QED) is 0.420. The molecule has 0 bridgehead atoms. The van der Waals surface area contributed by atoms with Crippen molar-refractivity contribution in [1.29, 1.82) is 0 Å². The second-order valence-electron chi connectivity index (χ2n) is 7.95. The summed E-state index contributed by atoms with van der Waals surface area (Å²) in [7, 11) is 0. The van der Waals surface area contributed by atoms with Gasteiger partial charge in [-0.15, -0.1) is 0 Å². The molecule has 3 aromatic carbocycles. The molecule has 5 rings (SSSR count). The second-order valence-corrected chi connectivity index (χ2v) is 7.95. The summed E-state index contributed by atoms with van der Waals surface area (Å²) in [6.07, 6.45) is 1.59. The molecule has 0 aliphatic heterocycles. The Morgan fingerprint density at radius 1 is 0.931 bits per heavy atom. The number of hydrogen-bond donors (Lipinski definition) is 3. The van der Waals surface area contributed by atoms with Crippen LogP contribution in [0, 0.1) is 13.8 Å². The van der Waals surface area contributed by atoms with Gasteiger partial charge in [-0.2, -0.15) is 0 Å². The van der Waals surface area contributed by atoms with E-state index < -0.39 is 5.97 Å². The lowest BCUT2D eigenvalue weighted by Crippen LogP contribution is -2.06. The van der Waals surface area contributed by atoms with Gasteiger partial charge in [0.05, 0.1) is 5.69 Å². The fourth-order valence-corrected chi connectivity index (χ4v) is 4.56. The number of carbonyl (C=O) groups is 1. The lowest BCUT2D eigenvalue weighted by molar-refractivity contribution is 0.0693. The number of carboxylic acids is 1. The third-order valence-electron chi connectivity index (χ3n) is 5.83. The Morgan fingerprint density at radius 3 is 2.41 bits per heavy atom. The van der Waals surface area contributed by atoms with Crippen LogP contribution in [0.5, 0.6) is 5.75 Å². The number of aromatic hydroxyl groups is 1. The Balaban J connectivity index is 1.68. The topological polar surface area (TPSA) is 73.3 Å². The number of phenols is 1. The van der Waals surface area contributed by atoms with Crippen LogP contribution in [0.4, 0.5) is 0 Å². The number of aromatic nitrogens is 1. The normalized spacial score (nSPS) is 12.6. The van der Waals surface area contributed by atoms with Gasteiger partial charge in [-0.1, -0.05) is 35.4 Å². The van der Waals surface area contributed by atoms with Crippen LogP contribution in [0.25, 0.3) is 33.3 Å². The molecule has 1 heterocycles. The van der Waals surface area contributed by atoms with Gasteiger partial charge >= 0.3 is 5.97 Å². The molecule has 0 saturated heterocycles. The molecule has 1 aliphatic rings. The lowest BCUT2D eigenvalue weighted by Gasteiger charge is -2.18. The van der Waals surface area contributed by atoms with Crippen molar-refractivity contribution in [3.63, 3.8) is 0 Å². The van der Waals surface area contributed by atoms with E-state index in [0.717, 1.165) is 35.2 Å². The number of aromatic amines is 1. The zero-order valence-corrected chi connectivity index (χ0v) is 16.3. The van der Waals surface area contributed by atoms with Crippen molar-refractivity contribution in [3.8, 4) is 28.1 Å². The van der Waals surface area contributed by atoms with Gasteiger partial charge in [-0.3, -0.25) is 0 Å². The molecule has 29 heavy (non-hydrogen) atoms. The summed E-state index contributed by atoms with van der Waals surface area (Å²) >= 11 is 0. The largest absolute Gasteiger partial charge is 0.507 e. The SMILES string of the molecule is Cc1cc(C)cc(-c2ccc3[nH]c4c(c3c2)CCc2cc(C(=O)O)c(O)cc2-4)c1. The number of aromatic carboxylic acids is 1. The maximum Gasteiger partial charge on any atom is 0.339 e. The summed E-state index contributed by atoms with van der Waals surface area (Å²) < 4.78 is 0. The maximum absolute atomic E-state index is 11.3. The summed E-state index contributed by atoms with van der Waals surface area (Å²) in [5, 5.41) is 20.7. The number of benzene rings is 3. The molecule has 3 N–H and O–H groups in total. The molecule has 0 unspecified atom stereocenters. The third kappa shape index (κ3) is 2.80. The molecule has 0 radical (unpaired) electrons. The van der Waals surface area contributed by atoms with Crippen molar-refractivity contribution in [2.75, 3.05) is 0 Å². The first-order valence-electron chi connectivity index (χ1n) is 9.73. The van der Waals surface area contributed by atoms with E-state index in [1.54, 1.807) is 12.1 Å². The van der Waals surface area contributed by atoms with Crippen molar-refractivity contribution in [2.45, 2.75) is 26.7 Å². The van der Waals surface area contributed by atoms with Gasteiger partial charge in [-0.25, -0.2) is 4.79 Å². The Labute approximate surface area is 168 Å². The van der Waals surface area contributed by atoms with E-state index in [4.69, 9.17) is 0 Å². The van der Waals surface area contributed by atoms with Crippen LogP contribution in [0.1, 0.15) is 32.6 Å². The number of hydrogen-bond acceptors (Lipinski definition) is 2. The van der Waals surface area contributed by atoms with Crippen LogP contribution in [0.3, 0.4) is 0 Å². The highest BCUT2D eigenvalue weighted by Gasteiger charge is 2.24. The minimum atomic E-state index is -1.11. The number of fused-ring (bicyclic) bond motifs is 5. The highest BCUT2D eigenvalue weighted by atomic mass is 16.4. The molecule has 0 atom stereocenters. The van der Waals surface area contributed by atoms with E-state index >= 15 is 0 Å². The summed E-state index contributed by atoms with van der Waals surface area (Å²) in [6, 6.07) is 16.2. The Morgan fingerprint density at radius 2 is 1.69 bits per heavy atom. The first-order valence-corrected chi connectivity index (χ1v) is 9.73. The molecule has 144 valence electrons. The van der Waals surface area contributed by atoms with E-state index in [9.17, 15) is 15.0 Å². The van der Waals surface area contributed by atoms with E-state index in [2.05, 4.69) is 55.2 Å². The van der Waals surface area contributed by atoms with E-state index in [0.29, 0.717) is 0 Å². The summed E-state index contributed by atoms with van der Waals surface area (Å²) in [6.45, 7) is 4.23. The molecule has 4 nitrogen and oxygen atoms in total. The summed E-state index contributed by atoms with van der Waals surface area (Å²) in [4.78, 5) is 14.8.